The van der Waals surface area contributed by atoms with Gasteiger partial charge in [-0.2, -0.15) is 0 Å². The third-order valence-corrected chi connectivity index (χ3v) is 4.33. The Morgan fingerprint density at radius 2 is 1.91 bits per heavy atom. The van der Waals surface area contributed by atoms with Crippen LogP contribution in [0.5, 0.6) is 0 Å². The molecule has 0 spiro atoms. The summed E-state index contributed by atoms with van der Waals surface area (Å²) in [6.45, 7) is 1.23. The predicted molar refractivity (Wildman–Crippen MR) is 85.5 cm³/mol. The van der Waals surface area contributed by atoms with Crippen LogP contribution in [0.1, 0.15) is 22.3 Å². The highest BCUT2D eigenvalue weighted by Gasteiger charge is 2.27. The van der Waals surface area contributed by atoms with Crippen LogP contribution in [0.3, 0.4) is 0 Å². The number of hydrogen-bond acceptors (Lipinski definition) is 1. The van der Waals surface area contributed by atoms with Crippen LogP contribution in [-0.2, 0) is 6.42 Å². The molecule has 2 aromatic rings. The van der Waals surface area contributed by atoms with E-state index in [0.717, 1.165) is 12.5 Å². The summed E-state index contributed by atoms with van der Waals surface area (Å²) in [5.74, 6) is -0.977. The maximum Gasteiger partial charge on any atom is 0.253 e. The lowest BCUT2D eigenvalue weighted by Gasteiger charge is -2.17. The van der Waals surface area contributed by atoms with Gasteiger partial charge in [0.2, 0.25) is 0 Å². The second-order valence-corrected chi connectivity index (χ2v) is 6.33. The van der Waals surface area contributed by atoms with E-state index in [-0.39, 0.29) is 11.8 Å². The molecule has 5 heteroatoms. The lowest BCUT2D eigenvalue weighted by Crippen LogP contribution is -2.28. The number of benzene rings is 2. The molecule has 0 N–H and O–H groups in total. The minimum Gasteiger partial charge on any atom is -0.338 e. The molecule has 1 heterocycles. The molecule has 23 heavy (non-hydrogen) atoms. The van der Waals surface area contributed by atoms with Gasteiger partial charge in [-0.1, -0.05) is 17.7 Å². The Kier molecular flexibility index (Phi) is 4.62. The van der Waals surface area contributed by atoms with Crippen molar-refractivity contribution in [3.8, 4) is 0 Å². The average molecular weight is 336 g/mol. The molecule has 1 fully saturated rings. The fourth-order valence-corrected chi connectivity index (χ4v) is 3.24. The van der Waals surface area contributed by atoms with Crippen molar-refractivity contribution in [3.05, 3.63) is 70.2 Å². The molecule has 1 unspecified atom stereocenters. The highest BCUT2D eigenvalue weighted by Crippen LogP contribution is 2.24. The third kappa shape index (κ3) is 3.88. The number of carbonyl (C=O) groups is 1. The van der Waals surface area contributed by atoms with Crippen molar-refractivity contribution in [2.45, 2.75) is 12.8 Å². The summed E-state index contributed by atoms with van der Waals surface area (Å²) < 4.78 is 26.5. The molecule has 0 radical (unpaired) electrons. The number of nitrogens with zero attached hydrogens (tertiary/aromatic N) is 1. The molecule has 120 valence electrons. The molecule has 0 aromatic heterocycles. The zero-order valence-corrected chi connectivity index (χ0v) is 13.2. The molecule has 1 atom stereocenters. The van der Waals surface area contributed by atoms with Crippen molar-refractivity contribution in [1.82, 2.24) is 4.90 Å². The van der Waals surface area contributed by atoms with Gasteiger partial charge in [-0.3, -0.25) is 4.79 Å². The zero-order chi connectivity index (χ0) is 16.4. The van der Waals surface area contributed by atoms with Crippen LogP contribution in [0.2, 0.25) is 5.02 Å². The smallest absolute Gasteiger partial charge is 0.253 e. The lowest BCUT2D eigenvalue weighted by molar-refractivity contribution is 0.0787. The number of amides is 1. The van der Waals surface area contributed by atoms with Crippen molar-refractivity contribution < 1.29 is 13.6 Å². The monoisotopic (exact) mass is 335 g/mol. The second-order valence-electron chi connectivity index (χ2n) is 5.90. The van der Waals surface area contributed by atoms with Crippen LogP contribution in [0.15, 0.2) is 42.5 Å². The largest absolute Gasteiger partial charge is 0.338 e. The first-order chi connectivity index (χ1) is 11.0. The van der Waals surface area contributed by atoms with Crippen molar-refractivity contribution in [2.24, 2.45) is 5.92 Å². The maximum absolute atomic E-state index is 13.2. The van der Waals surface area contributed by atoms with E-state index in [1.807, 2.05) is 0 Å². The van der Waals surface area contributed by atoms with Gasteiger partial charge in [0.25, 0.3) is 5.91 Å². The Morgan fingerprint density at radius 1 is 1.17 bits per heavy atom. The first-order valence-corrected chi connectivity index (χ1v) is 7.89. The van der Waals surface area contributed by atoms with E-state index < -0.39 is 11.6 Å². The zero-order valence-electron chi connectivity index (χ0n) is 12.4. The van der Waals surface area contributed by atoms with Crippen LogP contribution < -0.4 is 0 Å². The molecule has 2 aromatic carbocycles. The third-order valence-electron chi connectivity index (χ3n) is 4.09. The van der Waals surface area contributed by atoms with E-state index in [1.54, 1.807) is 29.2 Å². The minimum absolute atomic E-state index is 0.0552. The van der Waals surface area contributed by atoms with Gasteiger partial charge >= 0.3 is 0 Å². The molecule has 1 amide bonds. The molecule has 1 aliphatic heterocycles. The molecule has 2 nitrogen and oxygen atoms in total. The number of rotatable bonds is 3. The topological polar surface area (TPSA) is 20.3 Å². The molecule has 1 aliphatic rings. The number of hydrogen-bond donors (Lipinski definition) is 0. The molecular formula is C18H16ClF2NO. The second kappa shape index (κ2) is 6.67. The van der Waals surface area contributed by atoms with Gasteiger partial charge in [-0.25, -0.2) is 8.78 Å². The Hall–Kier alpha value is -1.94. The molecule has 3 rings (SSSR count). The number of carbonyl (C=O) groups excluding carboxylic acids is 1. The van der Waals surface area contributed by atoms with Crippen molar-refractivity contribution in [2.75, 3.05) is 13.1 Å². The first kappa shape index (κ1) is 15.9. The molecule has 0 saturated carbocycles. The molecule has 0 bridgehead atoms. The van der Waals surface area contributed by atoms with E-state index in [9.17, 15) is 13.6 Å². The predicted octanol–water partition coefficient (Wildman–Crippen LogP) is 4.32. The Labute approximate surface area is 138 Å². The van der Waals surface area contributed by atoms with Gasteiger partial charge in [-0.05, 0) is 54.7 Å². The first-order valence-electron chi connectivity index (χ1n) is 7.51. The summed E-state index contributed by atoms with van der Waals surface area (Å²) in [6, 6.07) is 10.4. The fraction of sp³-hybridized carbons (Fsp3) is 0.278. The van der Waals surface area contributed by atoms with Crippen molar-refractivity contribution in [3.63, 3.8) is 0 Å². The van der Waals surface area contributed by atoms with Crippen molar-refractivity contribution in [1.29, 1.82) is 0 Å². The van der Waals surface area contributed by atoms with E-state index in [2.05, 4.69) is 0 Å². The minimum atomic E-state index is -0.565. The van der Waals surface area contributed by atoms with E-state index in [1.165, 1.54) is 12.1 Å². The van der Waals surface area contributed by atoms with Crippen LogP contribution in [-0.4, -0.2) is 23.9 Å². The van der Waals surface area contributed by atoms with Gasteiger partial charge in [-0.15, -0.1) is 0 Å². The van der Waals surface area contributed by atoms with Gasteiger partial charge < -0.3 is 4.90 Å². The summed E-state index contributed by atoms with van der Waals surface area (Å²) in [4.78, 5) is 14.2. The number of halogens is 3. The lowest BCUT2D eigenvalue weighted by atomic mass is 9.98. The summed E-state index contributed by atoms with van der Waals surface area (Å²) >= 11 is 5.92. The molecular weight excluding hydrogens is 320 g/mol. The Bertz CT molecular complexity index is 714. The van der Waals surface area contributed by atoms with Gasteiger partial charge in [0, 0.05) is 29.7 Å². The van der Waals surface area contributed by atoms with Crippen molar-refractivity contribution >= 4 is 17.5 Å². The van der Waals surface area contributed by atoms with Crippen LogP contribution in [0.25, 0.3) is 0 Å². The molecule has 1 saturated heterocycles. The van der Waals surface area contributed by atoms with Gasteiger partial charge in [0.15, 0.2) is 0 Å². The van der Waals surface area contributed by atoms with Crippen LogP contribution >= 0.6 is 11.6 Å². The van der Waals surface area contributed by atoms with Gasteiger partial charge in [0.1, 0.15) is 11.6 Å². The standard InChI is InChI=1S/C18H16ClF2NO/c19-15-3-1-2-14(9-15)18(23)22-5-4-12(11-22)6-13-7-16(20)10-17(21)8-13/h1-3,7-10,12H,4-6,11H2. The Morgan fingerprint density at radius 3 is 2.61 bits per heavy atom. The summed E-state index contributed by atoms with van der Waals surface area (Å²) in [6.07, 6.45) is 1.39. The summed E-state index contributed by atoms with van der Waals surface area (Å²) in [7, 11) is 0. The normalized spacial score (nSPS) is 17.5. The summed E-state index contributed by atoms with van der Waals surface area (Å²) in [5, 5.41) is 0.529. The maximum atomic E-state index is 13.2. The van der Waals surface area contributed by atoms with Gasteiger partial charge in [0.05, 0.1) is 0 Å². The van der Waals surface area contributed by atoms with Crippen LogP contribution in [0.4, 0.5) is 8.78 Å². The molecule has 0 aliphatic carbocycles. The van der Waals surface area contributed by atoms with E-state index in [0.29, 0.717) is 35.7 Å². The SMILES string of the molecule is O=C(c1cccc(Cl)c1)N1CCC(Cc2cc(F)cc(F)c2)C1. The average Bonchev–Trinajstić information content (AvgIpc) is 2.94. The summed E-state index contributed by atoms with van der Waals surface area (Å²) in [5.41, 5.74) is 1.19. The quantitative estimate of drug-likeness (QED) is 0.818. The Balaban J connectivity index is 1.65. The van der Waals surface area contributed by atoms with Crippen LogP contribution in [0, 0.1) is 17.6 Å². The van der Waals surface area contributed by atoms with E-state index in [4.69, 9.17) is 11.6 Å². The van der Waals surface area contributed by atoms with E-state index >= 15 is 0 Å². The highest BCUT2D eigenvalue weighted by molar-refractivity contribution is 6.30. The number of likely N-dealkylation sites (tertiary alicyclic amines) is 1. The highest BCUT2D eigenvalue weighted by atomic mass is 35.5. The fourth-order valence-electron chi connectivity index (χ4n) is 3.05.